The number of amides is 3. The van der Waals surface area contributed by atoms with Gasteiger partial charge in [-0.25, -0.2) is 4.39 Å². The maximum Gasteiger partial charge on any atom is 0.243 e. The Labute approximate surface area is 170 Å². The summed E-state index contributed by atoms with van der Waals surface area (Å²) in [6.07, 6.45) is -0.140. The number of hydrogen-bond donors (Lipinski definition) is 2. The van der Waals surface area contributed by atoms with Gasteiger partial charge in [0.2, 0.25) is 17.7 Å². The van der Waals surface area contributed by atoms with E-state index >= 15 is 0 Å². The zero-order valence-corrected chi connectivity index (χ0v) is 16.7. The molecule has 1 atom stereocenters. The molecular weight excluding hydrogens is 377 g/mol. The summed E-state index contributed by atoms with van der Waals surface area (Å²) in [5.41, 5.74) is 0.444. The third-order valence-electron chi connectivity index (χ3n) is 5.43. The summed E-state index contributed by atoms with van der Waals surface area (Å²) < 4.78 is 13.0. The van der Waals surface area contributed by atoms with E-state index in [0.29, 0.717) is 18.8 Å². The zero-order valence-electron chi connectivity index (χ0n) is 16.7. The minimum absolute atomic E-state index is 0.135. The molecule has 3 amide bonds. The minimum atomic E-state index is -0.839. The largest absolute Gasteiger partial charge is 0.353 e. The Morgan fingerprint density at radius 3 is 2.41 bits per heavy atom. The van der Waals surface area contributed by atoms with Crippen LogP contribution in [0.25, 0.3) is 0 Å². The van der Waals surface area contributed by atoms with Crippen molar-refractivity contribution in [3.8, 4) is 0 Å². The molecule has 29 heavy (non-hydrogen) atoms. The summed E-state index contributed by atoms with van der Waals surface area (Å²) in [6.45, 7) is 7.61. The molecule has 2 fully saturated rings. The van der Waals surface area contributed by atoms with Gasteiger partial charge in [0.05, 0.1) is 13.0 Å². The van der Waals surface area contributed by atoms with Crippen LogP contribution < -0.4 is 10.6 Å². The van der Waals surface area contributed by atoms with Gasteiger partial charge in [0.25, 0.3) is 0 Å². The lowest BCUT2D eigenvalue weighted by molar-refractivity contribution is -0.145. The summed E-state index contributed by atoms with van der Waals surface area (Å²) in [5.74, 6) is -1.25. The van der Waals surface area contributed by atoms with E-state index in [1.807, 2.05) is 0 Å². The molecule has 2 aliphatic heterocycles. The number of piperazine rings is 2. The second-order valence-corrected chi connectivity index (χ2v) is 7.36. The van der Waals surface area contributed by atoms with Crippen LogP contribution in [0.5, 0.6) is 0 Å². The van der Waals surface area contributed by atoms with Gasteiger partial charge in [0.1, 0.15) is 11.9 Å². The monoisotopic (exact) mass is 405 g/mol. The Balaban J connectivity index is 1.58. The highest BCUT2D eigenvalue weighted by Gasteiger charge is 2.35. The standard InChI is InChI=1S/C20H28FN5O3/c1-2-24-9-11-25(12-10-24)14-19(28)26-8-7-22-20(29)17(26)13-18(27)23-16-5-3-15(21)4-6-16/h3-6,17H,2,7-14H2,1H3,(H,22,29)(H,23,27). The van der Waals surface area contributed by atoms with Crippen molar-refractivity contribution in [3.05, 3.63) is 30.1 Å². The van der Waals surface area contributed by atoms with Gasteiger partial charge >= 0.3 is 0 Å². The fraction of sp³-hybridized carbons (Fsp3) is 0.550. The van der Waals surface area contributed by atoms with E-state index in [2.05, 4.69) is 27.4 Å². The van der Waals surface area contributed by atoms with E-state index in [4.69, 9.17) is 0 Å². The third-order valence-corrected chi connectivity index (χ3v) is 5.43. The Bertz CT molecular complexity index is 734. The predicted molar refractivity (Wildman–Crippen MR) is 107 cm³/mol. The lowest BCUT2D eigenvalue weighted by atomic mass is 10.1. The summed E-state index contributed by atoms with van der Waals surface area (Å²) in [4.78, 5) is 43.6. The highest BCUT2D eigenvalue weighted by Crippen LogP contribution is 2.14. The maximum absolute atomic E-state index is 13.0. The number of carbonyl (C=O) groups is 3. The van der Waals surface area contributed by atoms with Crippen molar-refractivity contribution >= 4 is 23.4 Å². The maximum atomic E-state index is 13.0. The van der Waals surface area contributed by atoms with Crippen LogP contribution in [0.2, 0.25) is 0 Å². The van der Waals surface area contributed by atoms with Gasteiger partial charge in [-0.1, -0.05) is 6.92 Å². The quantitative estimate of drug-likeness (QED) is 0.702. The van der Waals surface area contributed by atoms with Gasteiger partial charge in [-0.3, -0.25) is 19.3 Å². The molecule has 2 heterocycles. The van der Waals surface area contributed by atoms with Crippen molar-refractivity contribution < 1.29 is 18.8 Å². The van der Waals surface area contributed by atoms with Crippen LogP contribution in [0, 0.1) is 5.82 Å². The van der Waals surface area contributed by atoms with Crippen molar-refractivity contribution in [1.82, 2.24) is 20.0 Å². The molecule has 1 unspecified atom stereocenters. The number of anilines is 1. The predicted octanol–water partition coefficient (Wildman–Crippen LogP) is 0.119. The van der Waals surface area contributed by atoms with E-state index < -0.39 is 17.8 Å². The van der Waals surface area contributed by atoms with Gasteiger partial charge < -0.3 is 20.4 Å². The molecule has 9 heteroatoms. The summed E-state index contributed by atoms with van der Waals surface area (Å²) in [6, 6.07) is 4.56. The molecule has 8 nitrogen and oxygen atoms in total. The van der Waals surface area contributed by atoms with E-state index in [9.17, 15) is 18.8 Å². The lowest BCUT2D eigenvalue weighted by Crippen LogP contribution is -2.60. The second kappa shape index (κ2) is 9.80. The van der Waals surface area contributed by atoms with Crippen molar-refractivity contribution in [2.45, 2.75) is 19.4 Å². The molecule has 2 N–H and O–H groups in total. The Morgan fingerprint density at radius 1 is 1.10 bits per heavy atom. The van der Waals surface area contributed by atoms with Crippen molar-refractivity contribution in [1.29, 1.82) is 0 Å². The van der Waals surface area contributed by atoms with Crippen LogP contribution in [0.1, 0.15) is 13.3 Å². The molecule has 1 aromatic carbocycles. The molecular formula is C20H28FN5O3. The zero-order chi connectivity index (χ0) is 20.8. The van der Waals surface area contributed by atoms with Gasteiger partial charge in [0.15, 0.2) is 0 Å². The van der Waals surface area contributed by atoms with E-state index in [1.165, 1.54) is 29.2 Å². The summed E-state index contributed by atoms with van der Waals surface area (Å²) in [5, 5.41) is 5.38. The molecule has 0 spiro atoms. The second-order valence-electron chi connectivity index (χ2n) is 7.36. The van der Waals surface area contributed by atoms with Crippen LogP contribution in [0.3, 0.4) is 0 Å². The number of likely N-dealkylation sites (N-methyl/N-ethyl adjacent to an activating group) is 1. The van der Waals surface area contributed by atoms with Crippen LogP contribution >= 0.6 is 0 Å². The molecule has 2 saturated heterocycles. The Hall–Kier alpha value is -2.52. The number of halogens is 1. The van der Waals surface area contributed by atoms with Crippen LogP contribution in [0.15, 0.2) is 24.3 Å². The first-order valence-corrected chi connectivity index (χ1v) is 10.0. The molecule has 0 aromatic heterocycles. The number of hydrogen-bond acceptors (Lipinski definition) is 5. The fourth-order valence-electron chi connectivity index (χ4n) is 3.68. The average molecular weight is 405 g/mol. The SMILES string of the molecule is CCN1CCN(CC(=O)N2CCNC(=O)C2CC(=O)Nc2ccc(F)cc2)CC1. The highest BCUT2D eigenvalue weighted by molar-refractivity contribution is 5.97. The molecule has 158 valence electrons. The average Bonchev–Trinajstić information content (AvgIpc) is 2.71. The molecule has 0 bridgehead atoms. The molecule has 1 aromatic rings. The Kier molecular flexibility index (Phi) is 7.16. The first-order valence-electron chi connectivity index (χ1n) is 10.0. The van der Waals surface area contributed by atoms with Gasteiger partial charge in [-0.05, 0) is 30.8 Å². The van der Waals surface area contributed by atoms with Crippen molar-refractivity contribution in [3.63, 3.8) is 0 Å². The smallest absolute Gasteiger partial charge is 0.243 e. The number of nitrogens with zero attached hydrogens (tertiary/aromatic N) is 3. The molecule has 3 rings (SSSR count). The van der Waals surface area contributed by atoms with Gasteiger partial charge in [0, 0.05) is 45.0 Å². The highest BCUT2D eigenvalue weighted by atomic mass is 19.1. The van der Waals surface area contributed by atoms with Gasteiger partial charge in [-0.2, -0.15) is 0 Å². The van der Waals surface area contributed by atoms with E-state index in [0.717, 1.165) is 32.7 Å². The van der Waals surface area contributed by atoms with Crippen LogP contribution in [-0.4, -0.2) is 90.8 Å². The van der Waals surface area contributed by atoms with Crippen molar-refractivity contribution in [2.24, 2.45) is 0 Å². The first kappa shape index (κ1) is 21.2. The fourth-order valence-corrected chi connectivity index (χ4v) is 3.68. The van der Waals surface area contributed by atoms with Gasteiger partial charge in [-0.15, -0.1) is 0 Å². The number of nitrogens with one attached hydrogen (secondary N) is 2. The first-order chi connectivity index (χ1) is 14.0. The normalized spacial score (nSPS) is 21.0. The minimum Gasteiger partial charge on any atom is -0.353 e. The number of rotatable bonds is 6. The summed E-state index contributed by atoms with van der Waals surface area (Å²) in [7, 11) is 0. The molecule has 0 saturated carbocycles. The molecule has 0 radical (unpaired) electrons. The summed E-state index contributed by atoms with van der Waals surface area (Å²) >= 11 is 0. The van der Waals surface area contributed by atoms with Crippen LogP contribution in [-0.2, 0) is 14.4 Å². The van der Waals surface area contributed by atoms with E-state index in [1.54, 1.807) is 0 Å². The van der Waals surface area contributed by atoms with Crippen molar-refractivity contribution in [2.75, 3.05) is 57.7 Å². The number of benzene rings is 1. The van der Waals surface area contributed by atoms with E-state index in [-0.39, 0.29) is 24.8 Å². The third kappa shape index (κ3) is 5.74. The molecule has 0 aliphatic carbocycles. The van der Waals surface area contributed by atoms with Crippen LogP contribution in [0.4, 0.5) is 10.1 Å². The molecule has 2 aliphatic rings. The number of carbonyl (C=O) groups excluding carboxylic acids is 3. The topological polar surface area (TPSA) is 85.0 Å². The lowest BCUT2D eigenvalue weighted by Gasteiger charge is -2.38. The Morgan fingerprint density at radius 2 is 1.76 bits per heavy atom.